The number of para-hydroxylation sites is 1. The fourth-order valence-corrected chi connectivity index (χ4v) is 2.51. The average molecular weight is 330 g/mol. The molecule has 0 radical (unpaired) electrons. The molecule has 2 aromatic rings. The highest BCUT2D eigenvalue weighted by molar-refractivity contribution is 7.98. The highest BCUT2D eigenvalue weighted by Gasteiger charge is 2.21. The third-order valence-corrected chi connectivity index (χ3v) is 3.92. The first kappa shape index (κ1) is 16.7. The summed E-state index contributed by atoms with van der Waals surface area (Å²) in [6, 6.07) is 10.9. The Kier molecular flexibility index (Phi) is 5.13. The van der Waals surface area contributed by atoms with E-state index in [0.29, 0.717) is 11.3 Å². The number of carbonyl (C=O) groups excluding carboxylic acids is 2. The maximum atomic E-state index is 12.4. The van der Waals surface area contributed by atoms with E-state index in [1.165, 1.54) is 30.8 Å². The summed E-state index contributed by atoms with van der Waals surface area (Å²) in [7, 11) is 0. The van der Waals surface area contributed by atoms with E-state index in [4.69, 9.17) is 0 Å². The summed E-state index contributed by atoms with van der Waals surface area (Å²) in [5, 5.41) is 13.7. The van der Waals surface area contributed by atoms with Crippen LogP contribution in [0.1, 0.15) is 27.6 Å². The number of rotatable bonds is 5. The van der Waals surface area contributed by atoms with Crippen molar-refractivity contribution in [2.45, 2.75) is 11.8 Å². The Morgan fingerprint density at radius 3 is 2.43 bits per heavy atom. The van der Waals surface area contributed by atoms with Gasteiger partial charge < -0.3 is 5.32 Å². The highest BCUT2D eigenvalue weighted by Crippen LogP contribution is 2.26. The third kappa shape index (κ3) is 3.75. The highest BCUT2D eigenvalue weighted by atomic mass is 32.2. The molecule has 0 saturated heterocycles. The molecule has 0 saturated carbocycles. The first-order chi connectivity index (χ1) is 10.9. The Bertz CT molecular complexity index is 789. The fourth-order valence-electron chi connectivity index (χ4n) is 2.07. The minimum absolute atomic E-state index is 0.0415. The SMILES string of the molecule is CSc1ccc([N+](=O)[O-])c(C(=O)Nc2ccccc2C(C)=O)c1. The zero-order chi connectivity index (χ0) is 17.0. The van der Waals surface area contributed by atoms with Crippen LogP contribution in [0.15, 0.2) is 47.4 Å². The van der Waals surface area contributed by atoms with E-state index in [1.807, 2.05) is 6.26 Å². The lowest BCUT2D eigenvalue weighted by atomic mass is 10.1. The van der Waals surface area contributed by atoms with E-state index >= 15 is 0 Å². The Labute approximate surface area is 137 Å². The van der Waals surface area contributed by atoms with Crippen molar-refractivity contribution in [2.24, 2.45) is 0 Å². The number of nitrogens with zero attached hydrogens (tertiary/aromatic N) is 1. The van der Waals surface area contributed by atoms with Gasteiger partial charge in [0.2, 0.25) is 0 Å². The van der Waals surface area contributed by atoms with Crippen LogP contribution in [0.4, 0.5) is 11.4 Å². The number of ketones is 1. The number of nitro groups is 1. The summed E-state index contributed by atoms with van der Waals surface area (Å²) in [6.45, 7) is 1.39. The molecule has 0 aliphatic heterocycles. The lowest BCUT2D eigenvalue weighted by Crippen LogP contribution is -2.16. The Balaban J connectivity index is 2.42. The molecular weight excluding hydrogens is 316 g/mol. The van der Waals surface area contributed by atoms with Gasteiger partial charge in [0.15, 0.2) is 5.78 Å². The first-order valence-corrected chi connectivity index (χ1v) is 7.90. The van der Waals surface area contributed by atoms with E-state index in [1.54, 1.807) is 30.3 Å². The van der Waals surface area contributed by atoms with Gasteiger partial charge in [-0.25, -0.2) is 0 Å². The van der Waals surface area contributed by atoms with Crippen molar-refractivity contribution in [3.8, 4) is 0 Å². The van der Waals surface area contributed by atoms with Gasteiger partial charge in [0.1, 0.15) is 5.56 Å². The predicted octanol–water partition coefficient (Wildman–Crippen LogP) is 3.77. The number of nitrogens with one attached hydrogen (secondary N) is 1. The van der Waals surface area contributed by atoms with Crippen LogP contribution in [0.25, 0.3) is 0 Å². The number of benzene rings is 2. The van der Waals surface area contributed by atoms with Crippen LogP contribution in [-0.2, 0) is 0 Å². The number of carbonyl (C=O) groups is 2. The Morgan fingerprint density at radius 1 is 1.13 bits per heavy atom. The van der Waals surface area contributed by atoms with E-state index < -0.39 is 10.8 Å². The molecule has 7 heteroatoms. The van der Waals surface area contributed by atoms with Gasteiger partial charge in [-0.05, 0) is 37.4 Å². The molecule has 0 heterocycles. The molecule has 1 amide bonds. The summed E-state index contributed by atoms with van der Waals surface area (Å²) in [4.78, 5) is 35.3. The van der Waals surface area contributed by atoms with Crippen molar-refractivity contribution in [1.29, 1.82) is 0 Å². The number of amides is 1. The largest absolute Gasteiger partial charge is 0.321 e. The lowest BCUT2D eigenvalue weighted by molar-refractivity contribution is -0.385. The second-order valence-electron chi connectivity index (χ2n) is 4.70. The predicted molar refractivity (Wildman–Crippen MR) is 89.3 cm³/mol. The van der Waals surface area contributed by atoms with Crippen LogP contribution >= 0.6 is 11.8 Å². The van der Waals surface area contributed by atoms with Crippen LogP contribution < -0.4 is 5.32 Å². The molecule has 0 aromatic heterocycles. The molecule has 0 spiro atoms. The molecule has 23 heavy (non-hydrogen) atoms. The minimum Gasteiger partial charge on any atom is -0.321 e. The topological polar surface area (TPSA) is 89.3 Å². The molecule has 0 atom stereocenters. The molecule has 1 N–H and O–H groups in total. The Hall–Kier alpha value is -2.67. The third-order valence-electron chi connectivity index (χ3n) is 3.20. The monoisotopic (exact) mass is 330 g/mol. The van der Waals surface area contributed by atoms with E-state index in [2.05, 4.69) is 5.32 Å². The van der Waals surface area contributed by atoms with Crippen LogP contribution in [0.3, 0.4) is 0 Å². The quantitative estimate of drug-likeness (QED) is 0.390. The summed E-state index contributed by atoms with van der Waals surface area (Å²) < 4.78 is 0. The smallest absolute Gasteiger partial charge is 0.282 e. The van der Waals surface area contributed by atoms with Gasteiger partial charge in [-0.1, -0.05) is 12.1 Å². The summed E-state index contributed by atoms with van der Waals surface area (Å²) in [5.74, 6) is -0.824. The molecular formula is C16H14N2O4S. The molecule has 118 valence electrons. The van der Waals surface area contributed by atoms with Crippen molar-refractivity contribution in [2.75, 3.05) is 11.6 Å². The van der Waals surface area contributed by atoms with Gasteiger partial charge in [0, 0.05) is 16.5 Å². The van der Waals surface area contributed by atoms with Gasteiger partial charge in [-0.15, -0.1) is 11.8 Å². The van der Waals surface area contributed by atoms with Crippen molar-refractivity contribution in [1.82, 2.24) is 0 Å². The summed E-state index contributed by atoms with van der Waals surface area (Å²) >= 11 is 1.38. The minimum atomic E-state index is -0.624. The van der Waals surface area contributed by atoms with Crippen molar-refractivity contribution < 1.29 is 14.5 Å². The number of Topliss-reactive ketones (excluding diaryl/α,β-unsaturated/α-hetero) is 1. The van der Waals surface area contributed by atoms with Crippen molar-refractivity contribution in [3.05, 3.63) is 63.7 Å². The number of hydrogen-bond acceptors (Lipinski definition) is 5. The fraction of sp³-hybridized carbons (Fsp3) is 0.125. The number of nitro benzene ring substituents is 1. The molecule has 0 aliphatic carbocycles. The van der Waals surface area contributed by atoms with Crippen molar-refractivity contribution >= 4 is 34.8 Å². The van der Waals surface area contributed by atoms with Gasteiger partial charge in [-0.2, -0.15) is 0 Å². The molecule has 0 bridgehead atoms. The first-order valence-electron chi connectivity index (χ1n) is 6.67. The Morgan fingerprint density at radius 2 is 1.83 bits per heavy atom. The van der Waals surface area contributed by atoms with Gasteiger partial charge in [0.25, 0.3) is 11.6 Å². The van der Waals surface area contributed by atoms with Crippen LogP contribution in [0.5, 0.6) is 0 Å². The number of hydrogen-bond donors (Lipinski definition) is 1. The second kappa shape index (κ2) is 7.06. The molecule has 6 nitrogen and oxygen atoms in total. The number of thioether (sulfide) groups is 1. The molecule has 0 unspecified atom stereocenters. The lowest BCUT2D eigenvalue weighted by Gasteiger charge is -2.10. The van der Waals surface area contributed by atoms with Gasteiger partial charge in [0.05, 0.1) is 10.6 Å². The van der Waals surface area contributed by atoms with Crippen molar-refractivity contribution in [3.63, 3.8) is 0 Å². The number of anilines is 1. The molecule has 2 aromatic carbocycles. The van der Waals surface area contributed by atoms with E-state index in [9.17, 15) is 19.7 Å². The standard InChI is InChI=1S/C16H14N2O4S/c1-10(19)12-5-3-4-6-14(12)17-16(20)13-9-11(23-2)7-8-15(13)18(21)22/h3-9H,1-2H3,(H,17,20). The van der Waals surface area contributed by atoms with E-state index in [0.717, 1.165) is 4.90 Å². The molecule has 2 rings (SSSR count). The zero-order valence-corrected chi connectivity index (χ0v) is 13.3. The van der Waals surface area contributed by atoms with Crippen LogP contribution in [0.2, 0.25) is 0 Å². The summed E-state index contributed by atoms with van der Waals surface area (Å²) in [6.07, 6.45) is 1.81. The maximum absolute atomic E-state index is 12.4. The van der Waals surface area contributed by atoms with Gasteiger partial charge >= 0.3 is 0 Å². The zero-order valence-electron chi connectivity index (χ0n) is 12.5. The molecule has 0 aliphatic rings. The average Bonchev–Trinajstić information content (AvgIpc) is 2.54. The normalized spacial score (nSPS) is 10.2. The van der Waals surface area contributed by atoms with Gasteiger partial charge in [-0.3, -0.25) is 19.7 Å². The maximum Gasteiger partial charge on any atom is 0.282 e. The van der Waals surface area contributed by atoms with Crippen LogP contribution in [-0.4, -0.2) is 22.9 Å². The van der Waals surface area contributed by atoms with E-state index in [-0.39, 0.29) is 17.0 Å². The second-order valence-corrected chi connectivity index (χ2v) is 5.58. The van der Waals surface area contributed by atoms with Crippen LogP contribution in [0, 0.1) is 10.1 Å². The molecule has 0 fully saturated rings. The summed E-state index contributed by atoms with van der Waals surface area (Å²) in [5.41, 5.74) is 0.360.